The monoisotopic (exact) mass is 239 g/mol. The normalized spacial score (nSPS) is 20.1. The van der Waals surface area contributed by atoms with Crippen LogP contribution in [0.15, 0.2) is 16.4 Å². The first-order chi connectivity index (χ1) is 8.15. The molecule has 0 fully saturated rings. The molecule has 0 unspecified atom stereocenters. The molecular formula is C11H21N5O. The molecule has 1 aliphatic heterocycles. The lowest BCUT2D eigenvalue weighted by molar-refractivity contribution is -0.117. The van der Waals surface area contributed by atoms with Crippen LogP contribution in [0.3, 0.4) is 0 Å². The molecule has 1 amide bonds. The third-order valence-corrected chi connectivity index (χ3v) is 2.66. The second kappa shape index (κ2) is 6.90. The lowest BCUT2D eigenvalue weighted by Gasteiger charge is -2.17. The topological polar surface area (TPSA) is 68.8 Å². The van der Waals surface area contributed by atoms with Crippen molar-refractivity contribution in [2.24, 2.45) is 4.99 Å². The van der Waals surface area contributed by atoms with Crippen LogP contribution in [0.5, 0.6) is 0 Å². The molecule has 0 aromatic carbocycles. The Morgan fingerprint density at radius 3 is 2.94 bits per heavy atom. The third kappa shape index (κ3) is 4.44. The maximum Gasteiger partial charge on any atom is 0.250 e. The van der Waals surface area contributed by atoms with Crippen LogP contribution in [0.2, 0.25) is 0 Å². The Hall–Kier alpha value is -1.56. The first-order valence-corrected chi connectivity index (χ1v) is 5.75. The summed E-state index contributed by atoms with van der Waals surface area (Å²) in [7, 11) is 3.79. The van der Waals surface area contributed by atoms with E-state index < -0.39 is 0 Å². The summed E-state index contributed by atoms with van der Waals surface area (Å²) in [5.41, 5.74) is 0.627. The van der Waals surface area contributed by atoms with E-state index in [1.54, 1.807) is 20.3 Å². The summed E-state index contributed by atoms with van der Waals surface area (Å²) >= 11 is 0. The minimum absolute atomic E-state index is 0.0655. The molecule has 6 heteroatoms. The predicted octanol–water partition coefficient (Wildman–Crippen LogP) is -0.883. The summed E-state index contributed by atoms with van der Waals surface area (Å²) in [5.74, 6) is 0.615. The van der Waals surface area contributed by atoms with Crippen molar-refractivity contribution in [2.45, 2.75) is 6.92 Å². The molecule has 1 heterocycles. The van der Waals surface area contributed by atoms with Crippen LogP contribution in [0.25, 0.3) is 0 Å². The molecule has 0 aromatic heterocycles. The Morgan fingerprint density at radius 1 is 1.47 bits per heavy atom. The third-order valence-electron chi connectivity index (χ3n) is 2.66. The minimum Gasteiger partial charge on any atom is -0.374 e. The van der Waals surface area contributed by atoms with Crippen LogP contribution in [0.1, 0.15) is 6.92 Å². The molecule has 0 bridgehead atoms. The van der Waals surface area contributed by atoms with Gasteiger partial charge in [0.15, 0.2) is 0 Å². The highest BCUT2D eigenvalue weighted by Gasteiger charge is 2.09. The average Bonchev–Trinajstić information content (AvgIpc) is 2.31. The number of rotatable bonds is 1. The van der Waals surface area contributed by atoms with Crippen molar-refractivity contribution in [3.63, 3.8) is 0 Å². The van der Waals surface area contributed by atoms with E-state index in [2.05, 4.69) is 25.8 Å². The zero-order chi connectivity index (χ0) is 12.7. The molecule has 3 N–H and O–H groups in total. The smallest absolute Gasteiger partial charge is 0.250 e. The highest BCUT2D eigenvalue weighted by molar-refractivity contribution is 5.93. The first-order valence-electron chi connectivity index (χ1n) is 5.75. The van der Waals surface area contributed by atoms with Gasteiger partial charge < -0.3 is 20.9 Å². The summed E-state index contributed by atoms with van der Waals surface area (Å²) in [6.45, 7) is 4.88. The van der Waals surface area contributed by atoms with E-state index in [0.717, 1.165) is 19.6 Å². The van der Waals surface area contributed by atoms with E-state index in [-0.39, 0.29) is 5.91 Å². The summed E-state index contributed by atoms with van der Waals surface area (Å²) in [6, 6.07) is 0. The highest BCUT2D eigenvalue weighted by Crippen LogP contribution is 1.97. The van der Waals surface area contributed by atoms with Gasteiger partial charge in [0.05, 0.1) is 18.5 Å². The molecule has 1 rings (SSSR count). The Balaban J connectivity index is 2.76. The van der Waals surface area contributed by atoms with Gasteiger partial charge in [0.25, 0.3) is 5.91 Å². The number of nitrogens with zero attached hydrogens (tertiary/aromatic N) is 2. The Morgan fingerprint density at radius 2 is 2.24 bits per heavy atom. The van der Waals surface area contributed by atoms with Gasteiger partial charge in [0.2, 0.25) is 0 Å². The van der Waals surface area contributed by atoms with E-state index in [0.29, 0.717) is 17.9 Å². The molecule has 0 saturated heterocycles. The van der Waals surface area contributed by atoms with Gasteiger partial charge in [-0.1, -0.05) is 0 Å². The SMILES string of the molecule is CNC1=C(C)C(=O)NCCN(C)CCN=CN1. The zero-order valence-corrected chi connectivity index (χ0v) is 10.7. The molecule has 1 aliphatic rings. The standard InChI is InChI=1S/C11H21N5O/c1-9-10(12-2)15-8-13-4-6-16(3)7-5-14-11(9)17/h8,12H,4-7H2,1-3H3,(H,13,15)(H,14,17). The largest absolute Gasteiger partial charge is 0.374 e. The van der Waals surface area contributed by atoms with Crippen LogP contribution in [-0.2, 0) is 4.79 Å². The van der Waals surface area contributed by atoms with Gasteiger partial charge >= 0.3 is 0 Å². The minimum atomic E-state index is -0.0655. The first kappa shape index (κ1) is 13.5. The molecule has 0 radical (unpaired) electrons. The van der Waals surface area contributed by atoms with Crippen LogP contribution in [0, 0.1) is 0 Å². The molecular weight excluding hydrogens is 218 g/mol. The van der Waals surface area contributed by atoms with E-state index in [1.807, 2.05) is 7.05 Å². The van der Waals surface area contributed by atoms with Crippen LogP contribution >= 0.6 is 0 Å². The van der Waals surface area contributed by atoms with Gasteiger partial charge in [-0.3, -0.25) is 9.79 Å². The average molecular weight is 239 g/mol. The second-order valence-electron chi connectivity index (χ2n) is 3.99. The number of nitrogens with one attached hydrogen (secondary N) is 3. The number of likely N-dealkylation sites (N-methyl/N-ethyl adjacent to an activating group) is 1. The van der Waals surface area contributed by atoms with Crippen molar-refractivity contribution in [3.8, 4) is 0 Å². The van der Waals surface area contributed by atoms with Crippen LogP contribution in [-0.4, -0.2) is 57.4 Å². The van der Waals surface area contributed by atoms with Crippen LogP contribution in [0.4, 0.5) is 0 Å². The summed E-state index contributed by atoms with van der Waals surface area (Å²) < 4.78 is 0. The summed E-state index contributed by atoms with van der Waals surface area (Å²) in [5, 5.41) is 8.81. The van der Waals surface area contributed by atoms with E-state index in [4.69, 9.17) is 0 Å². The summed E-state index contributed by atoms with van der Waals surface area (Å²) in [6.07, 6.45) is 1.62. The number of carbonyl (C=O) groups is 1. The molecule has 96 valence electrons. The number of carbonyl (C=O) groups excluding carboxylic acids is 1. The van der Waals surface area contributed by atoms with Crippen molar-refractivity contribution in [3.05, 3.63) is 11.4 Å². The Bertz CT molecular complexity index is 324. The number of hydrogen-bond acceptors (Lipinski definition) is 5. The van der Waals surface area contributed by atoms with Crippen LogP contribution < -0.4 is 16.0 Å². The number of amides is 1. The van der Waals surface area contributed by atoms with Gasteiger partial charge in [-0.2, -0.15) is 0 Å². The highest BCUT2D eigenvalue weighted by atomic mass is 16.1. The van der Waals surface area contributed by atoms with Gasteiger partial charge in [0, 0.05) is 26.7 Å². The van der Waals surface area contributed by atoms with Crippen molar-refractivity contribution >= 4 is 12.2 Å². The Labute approximate surface area is 102 Å². The number of hydrogen-bond donors (Lipinski definition) is 3. The van der Waals surface area contributed by atoms with Crippen molar-refractivity contribution in [2.75, 3.05) is 40.3 Å². The molecule has 0 aliphatic carbocycles. The fraction of sp³-hybridized carbons (Fsp3) is 0.636. The maximum absolute atomic E-state index is 11.8. The van der Waals surface area contributed by atoms with Gasteiger partial charge in [-0.15, -0.1) is 0 Å². The molecule has 0 atom stereocenters. The maximum atomic E-state index is 11.8. The van der Waals surface area contributed by atoms with Gasteiger partial charge in [-0.05, 0) is 14.0 Å². The lowest BCUT2D eigenvalue weighted by Crippen LogP contribution is -2.37. The fourth-order valence-corrected chi connectivity index (χ4v) is 1.49. The fourth-order valence-electron chi connectivity index (χ4n) is 1.49. The molecule has 0 saturated carbocycles. The van der Waals surface area contributed by atoms with E-state index in [9.17, 15) is 4.79 Å². The van der Waals surface area contributed by atoms with Gasteiger partial charge in [0.1, 0.15) is 5.82 Å². The van der Waals surface area contributed by atoms with Gasteiger partial charge in [-0.25, -0.2) is 0 Å². The molecule has 17 heavy (non-hydrogen) atoms. The lowest BCUT2D eigenvalue weighted by atomic mass is 10.2. The predicted molar refractivity (Wildman–Crippen MR) is 68.8 cm³/mol. The molecule has 6 nitrogen and oxygen atoms in total. The molecule has 0 aromatic rings. The number of aliphatic imine (C=N–C) groups is 1. The molecule has 0 spiro atoms. The second-order valence-corrected chi connectivity index (χ2v) is 3.99. The van der Waals surface area contributed by atoms with Crippen molar-refractivity contribution in [1.29, 1.82) is 0 Å². The van der Waals surface area contributed by atoms with E-state index >= 15 is 0 Å². The zero-order valence-electron chi connectivity index (χ0n) is 10.7. The Kier molecular flexibility index (Phi) is 5.48. The van der Waals surface area contributed by atoms with E-state index in [1.165, 1.54) is 0 Å². The quantitative estimate of drug-likeness (QED) is 0.556. The summed E-state index contributed by atoms with van der Waals surface area (Å²) in [4.78, 5) is 18.2. The van der Waals surface area contributed by atoms with Crippen molar-refractivity contribution < 1.29 is 4.79 Å². The van der Waals surface area contributed by atoms with Crippen molar-refractivity contribution in [1.82, 2.24) is 20.9 Å².